The standard InChI is InChI=1S/C17H16F2N2O3/c18-14-6-5-13(9-15(14)19)21-17(24)16(23)20-8-7-11-1-3-12(10-22)4-2-11/h1-6,9,22H,7-8,10H2,(H,20,23)(H,21,24). The number of rotatable bonds is 5. The maximum atomic E-state index is 13.0. The van der Waals surface area contributed by atoms with Crippen LogP contribution in [0.5, 0.6) is 0 Å². The molecule has 0 aliphatic carbocycles. The van der Waals surface area contributed by atoms with Crippen molar-refractivity contribution in [3.8, 4) is 0 Å². The number of carbonyl (C=O) groups excluding carboxylic acids is 2. The number of halogens is 2. The van der Waals surface area contributed by atoms with Gasteiger partial charge in [0.15, 0.2) is 11.6 Å². The van der Waals surface area contributed by atoms with Crippen LogP contribution in [0.2, 0.25) is 0 Å². The first-order valence-corrected chi connectivity index (χ1v) is 7.22. The molecule has 0 radical (unpaired) electrons. The number of amides is 2. The number of carbonyl (C=O) groups is 2. The zero-order valence-electron chi connectivity index (χ0n) is 12.7. The molecule has 0 heterocycles. The van der Waals surface area contributed by atoms with Crippen molar-refractivity contribution in [3.05, 3.63) is 65.2 Å². The molecular weight excluding hydrogens is 318 g/mol. The highest BCUT2D eigenvalue weighted by Gasteiger charge is 2.14. The number of nitrogens with one attached hydrogen (secondary N) is 2. The van der Waals surface area contributed by atoms with Crippen molar-refractivity contribution in [3.63, 3.8) is 0 Å². The van der Waals surface area contributed by atoms with Gasteiger partial charge in [-0.1, -0.05) is 24.3 Å². The van der Waals surface area contributed by atoms with E-state index in [0.717, 1.165) is 29.3 Å². The van der Waals surface area contributed by atoms with Gasteiger partial charge >= 0.3 is 11.8 Å². The average molecular weight is 334 g/mol. The second-order valence-electron chi connectivity index (χ2n) is 5.06. The lowest BCUT2D eigenvalue weighted by Crippen LogP contribution is -2.36. The summed E-state index contributed by atoms with van der Waals surface area (Å²) in [6.45, 7) is 0.198. The molecule has 5 nitrogen and oxygen atoms in total. The van der Waals surface area contributed by atoms with Gasteiger partial charge in [-0.15, -0.1) is 0 Å². The van der Waals surface area contributed by atoms with Gasteiger partial charge in [0.05, 0.1) is 6.61 Å². The van der Waals surface area contributed by atoms with E-state index in [1.54, 1.807) is 12.1 Å². The number of hydrogen-bond acceptors (Lipinski definition) is 3. The minimum absolute atomic E-state index is 0.00589. The molecule has 7 heteroatoms. The summed E-state index contributed by atoms with van der Waals surface area (Å²) in [4.78, 5) is 23.3. The third kappa shape index (κ3) is 4.85. The van der Waals surface area contributed by atoms with Crippen LogP contribution in [0, 0.1) is 11.6 Å². The lowest BCUT2D eigenvalue weighted by Gasteiger charge is -2.07. The minimum atomic E-state index is -1.11. The monoisotopic (exact) mass is 334 g/mol. The molecule has 126 valence electrons. The van der Waals surface area contributed by atoms with Crippen molar-refractivity contribution in [2.45, 2.75) is 13.0 Å². The molecule has 2 amide bonds. The summed E-state index contributed by atoms with van der Waals surface area (Å²) in [6.07, 6.45) is 0.510. The number of hydrogen-bond donors (Lipinski definition) is 3. The van der Waals surface area contributed by atoms with Crippen molar-refractivity contribution in [1.82, 2.24) is 5.32 Å². The largest absolute Gasteiger partial charge is 0.392 e. The Labute approximate surface area is 137 Å². The first-order valence-electron chi connectivity index (χ1n) is 7.22. The first kappa shape index (κ1) is 17.6. The molecule has 0 aliphatic rings. The molecule has 3 N–H and O–H groups in total. The van der Waals surface area contributed by atoms with E-state index in [0.29, 0.717) is 6.42 Å². The van der Waals surface area contributed by atoms with Crippen LogP contribution >= 0.6 is 0 Å². The van der Waals surface area contributed by atoms with Gasteiger partial charge in [0.1, 0.15) is 0 Å². The number of aliphatic hydroxyl groups excluding tert-OH is 1. The third-order valence-corrected chi connectivity index (χ3v) is 3.29. The van der Waals surface area contributed by atoms with Gasteiger partial charge in [0.2, 0.25) is 0 Å². The zero-order valence-corrected chi connectivity index (χ0v) is 12.7. The summed E-state index contributed by atoms with van der Waals surface area (Å²) in [5, 5.41) is 13.6. The van der Waals surface area contributed by atoms with Crippen LogP contribution in [0.4, 0.5) is 14.5 Å². The molecule has 0 saturated carbocycles. The van der Waals surface area contributed by atoms with Crippen molar-refractivity contribution in [2.24, 2.45) is 0 Å². The molecule has 2 rings (SSSR count). The molecule has 0 spiro atoms. The van der Waals surface area contributed by atoms with E-state index in [-0.39, 0.29) is 18.8 Å². The van der Waals surface area contributed by atoms with E-state index in [4.69, 9.17) is 5.11 Å². The molecular formula is C17H16F2N2O3. The Morgan fingerprint density at radius 3 is 2.21 bits per heavy atom. The van der Waals surface area contributed by atoms with Gasteiger partial charge in [0, 0.05) is 18.3 Å². The lowest BCUT2D eigenvalue weighted by molar-refractivity contribution is -0.136. The highest BCUT2D eigenvalue weighted by Crippen LogP contribution is 2.12. The van der Waals surface area contributed by atoms with Gasteiger partial charge in [-0.2, -0.15) is 0 Å². The molecule has 2 aromatic rings. The van der Waals surface area contributed by atoms with E-state index >= 15 is 0 Å². The van der Waals surface area contributed by atoms with Crippen molar-refractivity contribution in [2.75, 3.05) is 11.9 Å². The van der Waals surface area contributed by atoms with Crippen molar-refractivity contribution in [1.29, 1.82) is 0 Å². The normalized spacial score (nSPS) is 10.3. The molecule has 0 unspecified atom stereocenters. The fraction of sp³-hybridized carbons (Fsp3) is 0.176. The van der Waals surface area contributed by atoms with Crippen LogP contribution in [0.3, 0.4) is 0 Å². The van der Waals surface area contributed by atoms with Crippen molar-refractivity contribution >= 4 is 17.5 Å². The Morgan fingerprint density at radius 2 is 1.58 bits per heavy atom. The van der Waals surface area contributed by atoms with Crippen LogP contribution in [-0.4, -0.2) is 23.5 Å². The molecule has 0 atom stereocenters. The Hall–Kier alpha value is -2.80. The predicted molar refractivity (Wildman–Crippen MR) is 84.1 cm³/mol. The average Bonchev–Trinajstić information content (AvgIpc) is 2.58. The Balaban J connectivity index is 1.80. The summed E-state index contributed by atoms with van der Waals surface area (Å²) in [7, 11) is 0. The van der Waals surface area contributed by atoms with E-state index < -0.39 is 23.4 Å². The molecule has 0 bridgehead atoms. The summed E-state index contributed by atoms with van der Waals surface area (Å²) < 4.78 is 25.8. The van der Waals surface area contributed by atoms with Crippen LogP contribution in [-0.2, 0) is 22.6 Å². The number of aliphatic hydroxyl groups is 1. The Kier molecular flexibility index (Phi) is 5.97. The van der Waals surface area contributed by atoms with Gasteiger partial charge in [-0.3, -0.25) is 9.59 Å². The van der Waals surface area contributed by atoms with Gasteiger partial charge in [-0.25, -0.2) is 8.78 Å². The van der Waals surface area contributed by atoms with Crippen LogP contribution in [0.25, 0.3) is 0 Å². The fourth-order valence-electron chi connectivity index (χ4n) is 1.97. The lowest BCUT2D eigenvalue weighted by atomic mass is 10.1. The molecule has 0 fully saturated rings. The molecule has 24 heavy (non-hydrogen) atoms. The van der Waals surface area contributed by atoms with Gasteiger partial charge in [-0.05, 0) is 29.7 Å². The van der Waals surface area contributed by atoms with E-state index in [1.165, 1.54) is 0 Å². The highest BCUT2D eigenvalue weighted by molar-refractivity contribution is 6.39. The minimum Gasteiger partial charge on any atom is -0.392 e. The Morgan fingerprint density at radius 1 is 0.917 bits per heavy atom. The van der Waals surface area contributed by atoms with Gasteiger partial charge < -0.3 is 15.7 Å². The predicted octanol–water partition coefficient (Wildman–Crippen LogP) is 1.75. The molecule has 0 aromatic heterocycles. The summed E-state index contributed by atoms with van der Waals surface area (Å²) in [5.41, 5.74) is 1.72. The molecule has 0 aliphatic heterocycles. The maximum Gasteiger partial charge on any atom is 0.313 e. The number of anilines is 1. The maximum absolute atomic E-state index is 13.0. The van der Waals surface area contributed by atoms with E-state index in [2.05, 4.69) is 10.6 Å². The highest BCUT2D eigenvalue weighted by atomic mass is 19.2. The fourth-order valence-corrected chi connectivity index (χ4v) is 1.97. The van der Waals surface area contributed by atoms with Crippen LogP contribution in [0.15, 0.2) is 42.5 Å². The first-order chi connectivity index (χ1) is 11.5. The van der Waals surface area contributed by atoms with Crippen LogP contribution in [0.1, 0.15) is 11.1 Å². The second-order valence-corrected chi connectivity index (χ2v) is 5.06. The zero-order chi connectivity index (χ0) is 17.5. The number of benzene rings is 2. The van der Waals surface area contributed by atoms with E-state index in [9.17, 15) is 18.4 Å². The quantitative estimate of drug-likeness (QED) is 0.729. The van der Waals surface area contributed by atoms with E-state index in [1.807, 2.05) is 12.1 Å². The van der Waals surface area contributed by atoms with Crippen molar-refractivity contribution < 1.29 is 23.5 Å². The third-order valence-electron chi connectivity index (χ3n) is 3.29. The summed E-state index contributed by atoms with van der Waals surface area (Å²) in [5.74, 6) is -3.98. The molecule has 0 saturated heterocycles. The second kappa shape index (κ2) is 8.16. The summed E-state index contributed by atoms with van der Waals surface area (Å²) in [6, 6.07) is 9.99. The topological polar surface area (TPSA) is 78.4 Å². The SMILES string of the molecule is O=C(NCCc1ccc(CO)cc1)C(=O)Nc1ccc(F)c(F)c1. The van der Waals surface area contributed by atoms with Crippen LogP contribution < -0.4 is 10.6 Å². The Bertz CT molecular complexity index is 733. The van der Waals surface area contributed by atoms with Gasteiger partial charge in [0.25, 0.3) is 0 Å². The molecule has 2 aromatic carbocycles. The smallest absolute Gasteiger partial charge is 0.313 e. The summed E-state index contributed by atoms with van der Waals surface area (Å²) >= 11 is 0.